The van der Waals surface area contributed by atoms with Crippen LogP contribution in [0.5, 0.6) is 5.75 Å². The molecular formula is C19H19F3N2O2. The van der Waals surface area contributed by atoms with Gasteiger partial charge in [-0.25, -0.2) is 0 Å². The van der Waals surface area contributed by atoms with Crippen LogP contribution in [0.3, 0.4) is 0 Å². The number of rotatable bonds is 7. The van der Waals surface area contributed by atoms with E-state index in [1.807, 2.05) is 0 Å². The summed E-state index contributed by atoms with van der Waals surface area (Å²) in [7, 11) is 0. The molecule has 138 valence electrons. The van der Waals surface area contributed by atoms with Crippen molar-refractivity contribution in [2.45, 2.75) is 26.6 Å². The maximum absolute atomic E-state index is 12.5. The van der Waals surface area contributed by atoms with E-state index in [1.54, 1.807) is 38.1 Å². The molecule has 0 saturated carbocycles. The molecule has 0 unspecified atom stereocenters. The first-order valence-corrected chi connectivity index (χ1v) is 7.96. The molecule has 26 heavy (non-hydrogen) atoms. The third-order valence-corrected chi connectivity index (χ3v) is 3.45. The van der Waals surface area contributed by atoms with Crippen molar-refractivity contribution >= 4 is 11.4 Å². The van der Waals surface area contributed by atoms with Crippen LogP contribution in [0.15, 0.2) is 53.7 Å². The zero-order valence-electron chi connectivity index (χ0n) is 14.4. The summed E-state index contributed by atoms with van der Waals surface area (Å²) < 4.78 is 43.2. The van der Waals surface area contributed by atoms with E-state index >= 15 is 0 Å². The molecule has 0 bridgehead atoms. The number of nitrogens with zero attached hydrogens (tertiary/aromatic N) is 1. The van der Waals surface area contributed by atoms with Gasteiger partial charge in [-0.15, -0.1) is 0 Å². The molecule has 2 aromatic carbocycles. The molecule has 1 N–H and O–H groups in total. The third kappa shape index (κ3) is 5.34. The number of alkyl halides is 3. The Labute approximate surface area is 149 Å². The minimum atomic E-state index is -4.34. The van der Waals surface area contributed by atoms with E-state index < -0.39 is 11.7 Å². The summed E-state index contributed by atoms with van der Waals surface area (Å²) in [5.74, 6) is 0.562. The van der Waals surface area contributed by atoms with Gasteiger partial charge in [0.05, 0.1) is 11.3 Å². The summed E-state index contributed by atoms with van der Waals surface area (Å²) in [6, 6.07) is 11.8. The van der Waals surface area contributed by atoms with Crippen LogP contribution in [0.1, 0.15) is 30.5 Å². The lowest BCUT2D eigenvalue weighted by Gasteiger charge is -2.10. The zero-order chi connectivity index (χ0) is 19.2. The van der Waals surface area contributed by atoms with Crippen LogP contribution < -0.4 is 4.74 Å². The quantitative estimate of drug-likeness (QED) is 0.551. The van der Waals surface area contributed by atoms with Crippen LogP contribution in [0.4, 0.5) is 13.2 Å². The van der Waals surface area contributed by atoms with E-state index in [-0.39, 0.29) is 12.3 Å². The van der Waals surface area contributed by atoms with Gasteiger partial charge in [0.15, 0.2) is 0 Å². The second-order valence-electron chi connectivity index (χ2n) is 5.49. The molecule has 0 fully saturated rings. The fourth-order valence-electron chi connectivity index (χ4n) is 2.13. The minimum absolute atomic E-state index is 0.154. The second kappa shape index (κ2) is 8.51. The SMILES string of the molecule is CCON=C(C(C)=N)c1ccc(OCc2ccc(C(F)(F)F)cc2)cc1. The van der Waals surface area contributed by atoms with E-state index in [2.05, 4.69) is 5.16 Å². The largest absolute Gasteiger partial charge is 0.489 e. The lowest BCUT2D eigenvalue weighted by Crippen LogP contribution is -2.11. The first-order chi connectivity index (χ1) is 12.3. The molecular weight excluding hydrogens is 345 g/mol. The highest BCUT2D eigenvalue weighted by Gasteiger charge is 2.29. The fraction of sp³-hybridized carbons (Fsp3) is 0.263. The summed E-state index contributed by atoms with van der Waals surface area (Å²) in [4.78, 5) is 5.02. The Morgan fingerprint density at radius 2 is 1.65 bits per heavy atom. The van der Waals surface area contributed by atoms with Crippen molar-refractivity contribution in [1.29, 1.82) is 5.41 Å². The predicted molar refractivity (Wildman–Crippen MR) is 93.8 cm³/mol. The van der Waals surface area contributed by atoms with Crippen LogP contribution in [0.25, 0.3) is 0 Å². The molecule has 0 radical (unpaired) electrons. The summed E-state index contributed by atoms with van der Waals surface area (Å²) in [6.07, 6.45) is -4.34. The lowest BCUT2D eigenvalue weighted by atomic mass is 10.1. The first kappa shape index (κ1) is 19.5. The number of halogens is 3. The average Bonchev–Trinajstić information content (AvgIpc) is 2.60. The van der Waals surface area contributed by atoms with Crippen LogP contribution in [-0.2, 0) is 17.6 Å². The first-order valence-electron chi connectivity index (χ1n) is 7.96. The normalized spacial score (nSPS) is 12.0. The summed E-state index contributed by atoms with van der Waals surface area (Å²) in [5.41, 5.74) is 1.37. The Bertz CT molecular complexity index is 767. The maximum atomic E-state index is 12.5. The van der Waals surface area contributed by atoms with Gasteiger partial charge in [-0.3, -0.25) is 0 Å². The molecule has 0 spiro atoms. The summed E-state index contributed by atoms with van der Waals surface area (Å²) in [6.45, 7) is 3.98. The van der Waals surface area contributed by atoms with Crippen molar-refractivity contribution in [1.82, 2.24) is 0 Å². The smallest absolute Gasteiger partial charge is 0.416 e. The number of benzene rings is 2. The van der Waals surface area contributed by atoms with E-state index in [9.17, 15) is 13.2 Å². The Morgan fingerprint density at radius 3 is 2.15 bits per heavy atom. The summed E-state index contributed by atoms with van der Waals surface area (Å²) >= 11 is 0. The predicted octanol–water partition coefficient (Wildman–Crippen LogP) is 5.06. The number of hydrogen-bond acceptors (Lipinski definition) is 4. The number of nitrogens with one attached hydrogen (secondary N) is 1. The van der Waals surface area contributed by atoms with Gasteiger partial charge in [0.2, 0.25) is 0 Å². The molecule has 4 nitrogen and oxygen atoms in total. The number of ether oxygens (including phenoxy) is 1. The van der Waals surface area contributed by atoms with Gasteiger partial charge in [0, 0.05) is 5.56 Å². The molecule has 0 saturated heterocycles. The highest BCUT2D eigenvalue weighted by atomic mass is 19.4. The second-order valence-corrected chi connectivity index (χ2v) is 5.49. The maximum Gasteiger partial charge on any atom is 0.416 e. The van der Waals surface area contributed by atoms with Crippen LogP contribution in [0.2, 0.25) is 0 Å². The van der Waals surface area contributed by atoms with E-state index in [0.717, 1.165) is 12.1 Å². The van der Waals surface area contributed by atoms with Crippen LogP contribution in [0, 0.1) is 5.41 Å². The molecule has 0 aliphatic rings. The molecule has 0 atom stereocenters. The molecule has 7 heteroatoms. The van der Waals surface area contributed by atoms with Gasteiger partial charge in [-0.1, -0.05) is 17.3 Å². The van der Waals surface area contributed by atoms with Crippen molar-refractivity contribution in [2.75, 3.05) is 6.61 Å². The van der Waals surface area contributed by atoms with Crippen molar-refractivity contribution in [3.05, 3.63) is 65.2 Å². The molecule has 0 heterocycles. The van der Waals surface area contributed by atoms with Gasteiger partial charge >= 0.3 is 6.18 Å². The van der Waals surface area contributed by atoms with Gasteiger partial charge in [0.25, 0.3) is 0 Å². The van der Waals surface area contributed by atoms with Gasteiger partial charge < -0.3 is 15.0 Å². The number of oxime groups is 1. The van der Waals surface area contributed by atoms with Crippen molar-refractivity contribution in [2.24, 2.45) is 5.16 Å². The van der Waals surface area contributed by atoms with E-state index in [4.69, 9.17) is 15.0 Å². The van der Waals surface area contributed by atoms with Crippen LogP contribution >= 0.6 is 0 Å². The van der Waals surface area contributed by atoms with Crippen LogP contribution in [-0.4, -0.2) is 18.0 Å². The molecule has 0 aliphatic carbocycles. The number of hydrogen-bond donors (Lipinski definition) is 1. The Balaban J connectivity index is 2.02. The molecule has 0 amide bonds. The van der Waals surface area contributed by atoms with Crippen molar-refractivity contribution < 1.29 is 22.7 Å². The highest BCUT2D eigenvalue weighted by molar-refractivity contribution is 6.46. The highest BCUT2D eigenvalue weighted by Crippen LogP contribution is 2.29. The topological polar surface area (TPSA) is 54.7 Å². The third-order valence-electron chi connectivity index (χ3n) is 3.45. The molecule has 2 rings (SSSR count). The van der Waals surface area contributed by atoms with Gasteiger partial charge in [-0.2, -0.15) is 13.2 Å². The molecule has 0 aliphatic heterocycles. The average molecular weight is 364 g/mol. The van der Waals surface area contributed by atoms with Gasteiger partial charge in [0.1, 0.15) is 24.7 Å². The Kier molecular flexibility index (Phi) is 6.38. The lowest BCUT2D eigenvalue weighted by molar-refractivity contribution is -0.137. The van der Waals surface area contributed by atoms with Crippen molar-refractivity contribution in [3.8, 4) is 5.75 Å². The molecule has 0 aromatic heterocycles. The Hall–Kier alpha value is -2.83. The van der Waals surface area contributed by atoms with E-state index in [0.29, 0.717) is 29.2 Å². The monoisotopic (exact) mass is 364 g/mol. The minimum Gasteiger partial charge on any atom is -0.489 e. The zero-order valence-corrected chi connectivity index (χ0v) is 14.4. The van der Waals surface area contributed by atoms with Crippen molar-refractivity contribution in [3.63, 3.8) is 0 Å². The Morgan fingerprint density at radius 1 is 1.04 bits per heavy atom. The van der Waals surface area contributed by atoms with E-state index in [1.165, 1.54) is 12.1 Å². The van der Waals surface area contributed by atoms with Gasteiger partial charge in [-0.05, 0) is 55.8 Å². The standard InChI is InChI=1S/C19H19F3N2O2/c1-3-26-24-18(13(2)23)15-6-10-17(11-7-15)25-12-14-4-8-16(9-5-14)19(20,21)22/h4-11,23H,3,12H2,1-2H3. The molecule has 2 aromatic rings. The fourth-order valence-corrected chi connectivity index (χ4v) is 2.13. The summed E-state index contributed by atoms with van der Waals surface area (Å²) in [5, 5.41) is 11.7.